The Bertz CT molecular complexity index is 654. The average Bonchev–Trinajstić information content (AvgIpc) is 2.61. The van der Waals surface area contributed by atoms with E-state index in [9.17, 15) is 14.1 Å². The highest BCUT2D eigenvalue weighted by Crippen LogP contribution is 2.56. The number of esters is 1. The van der Waals surface area contributed by atoms with Gasteiger partial charge < -0.3 is 13.7 Å². The maximum Gasteiger partial charge on any atom is 0.335 e. The van der Waals surface area contributed by atoms with E-state index in [1.54, 1.807) is 34.6 Å². The van der Waals surface area contributed by atoms with Crippen molar-refractivity contribution in [1.82, 2.24) is 4.90 Å². The fourth-order valence-electron chi connectivity index (χ4n) is 4.21. The number of carbonyl (C=O) groups excluding carboxylic acids is 2. The maximum atomic E-state index is 13.4. The third-order valence-electron chi connectivity index (χ3n) is 5.95. The fourth-order valence-corrected chi connectivity index (χ4v) is 7.80. The van der Waals surface area contributed by atoms with Gasteiger partial charge in [-0.1, -0.05) is 20.8 Å². The number of β-lactam (4-membered cyclic amide) rings is 1. The summed E-state index contributed by atoms with van der Waals surface area (Å²) in [6, 6.07) is -0.846. The van der Waals surface area contributed by atoms with Crippen molar-refractivity contribution in [3.05, 3.63) is 0 Å². The monoisotopic (exact) mass is 431 g/mol. The number of nitrogens with zero attached hydrogens (tertiary/aromatic N) is 1. The molecule has 162 valence electrons. The van der Waals surface area contributed by atoms with Crippen LogP contribution in [0.4, 0.5) is 0 Å². The Kier molecular flexibility index (Phi) is 5.92. The van der Waals surface area contributed by atoms with Gasteiger partial charge in [-0.2, -0.15) is 0 Å². The summed E-state index contributed by atoms with van der Waals surface area (Å²) in [5.74, 6) is -1.18. The average molecular weight is 432 g/mol. The van der Waals surface area contributed by atoms with Crippen LogP contribution >= 0.6 is 0 Å². The molecule has 2 aliphatic rings. The van der Waals surface area contributed by atoms with E-state index in [0.717, 1.165) is 0 Å². The minimum Gasteiger partial charge on any atom is -0.614 e. The van der Waals surface area contributed by atoms with Gasteiger partial charge in [0.15, 0.2) is 19.8 Å². The van der Waals surface area contributed by atoms with Crippen LogP contribution in [0.25, 0.3) is 0 Å². The molecular weight excluding hydrogens is 394 g/mol. The van der Waals surface area contributed by atoms with Crippen molar-refractivity contribution in [2.75, 3.05) is 0 Å². The Balaban J connectivity index is 2.45. The van der Waals surface area contributed by atoms with Crippen molar-refractivity contribution in [2.24, 2.45) is 11.3 Å². The largest absolute Gasteiger partial charge is 0.614 e. The van der Waals surface area contributed by atoms with Crippen molar-refractivity contribution in [3.63, 3.8) is 0 Å². The number of amides is 1. The molecule has 2 fully saturated rings. The van der Waals surface area contributed by atoms with E-state index in [1.165, 1.54) is 4.90 Å². The molecule has 28 heavy (non-hydrogen) atoms. The number of carbonyl (C=O) groups is 2. The van der Waals surface area contributed by atoms with Crippen LogP contribution in [0.5, 0.6) is 0 Å². The molecule has 5 atom stereocenters. The summed E-state index contributed by atoms with van der Waals surface area (Å²) in [6.45, 7) is 21.2. The molecular formula is C20H37NO5SSi. The SMILES string of the molecule is C[SiH](C)OC(C)([C@H]1C(=O)N2[C@@H]1[S+]([O-])C(C)(C)[C@@H]2C(=O)OC(C)(C)C)C(C)(C)C. The smallest absolute Gasteiger partial charge is 0.335 e. The molecule has 0 radical (unpaired) electrons. The van der Waals surface area contributed by atoms with Crippen LogP contribution in [0, 0.1) is 11.3 Å². The Morgan fingerprint density at radius 3 is 2.04 bits per heavy atom. The Labute approximate surface area is 174 Å². The normalized spacial score (nSPS) is 32.0. The van der Waals surface area contributed by atoms with Gasteiger partial charge in [0.05, 0.1) is 5.60 Å². The molecule has 6 nitrogen and oxygen atoms in total. The van der Waals surface area contributed by atoms with Gasteiger partial charge in [-0.25, -0.2) is 4.79 Å². The zero-order valence-electron chi connectivity index (χ0n) is 19.2. The zero-order valence-corrected chi connectivity index (χ0v) is 21.2. The molecule has 0 aliphatic carbocycles. The number of rotatable bonds is 4. The van der Waals surface area contributed by atoms with E-state index in [1.807, 2.05) is 27.7 Å². The van der Waals surface area contributed by atoms with Gasteiger partial charge in [-0.3, -0.25) is 9.69 Å². The molecule has 0 aromatic rings. The second-order valence-corrected chi connectivity index (χ2v) is 15.4. The molecule has 0 N–H and O–H groups in total. The van der Waals surface area contributed by atoms with Crippen LogP contribution in [0.3, 0.4) is 0 Å². The number of hydrogen-bond donors (Lipinski definition) is 0. The third kappa shape index (κ3) is 3.66. The van der Waals surface area contributed by atoms with Crippen LogP contribution in [-0.4, -0.2) is 57.7 Å². The lowest BCUT2D eigenvalue weighted by atomic mass is 9.66. The summed E-state index contributed by atoms with van der Waals surface area (Å²) < 4.78 is 24.6. The molecule has 8 heteroatoms. The van der Waals surface area contributed by atoms with E-state index in [2.05, 4.69) is 13.1 Å². The second kappa shape index (κ2) is 6.99. The van der Waals surface area contributed by atoms with Crippen LogP contribution in [0.15, 0.2) is 0 Å². The molecule has 0 spiro atoms. The molecule has 0 bridgehead atoms. The van der Waals surface area contributed by atoms with Crippen molar-refractivity contribution in [3.8, 4) is 0 Å². The first-order valence-corrected chi connectivity index (χ1v) is 14.0. The molecule has 2 saturated heterocycles. The summed E-state index contributed by atoms with van der Waals surface area (Å²) >= 11 is -1.41. The van der Waals surface area contributed by atoms with E-state index in [-0.39, 0.29) is 11.3 Å². The number of ether oxygens (including phenoxy) is 1. The number of fused-ring (bicyclic) bond motifs is 1. The minimum atomic E-state index is -1.48. The third-order valence-corrected chi connectivity index (χ3v) is 9.11. The van der Waals surface area contributed by atoms with Crippen molar-refractivity contribution in [2.45, 2.75) is 103 Å². The van der Waals surface area contributed by atoms with Gasteiger partial charge in [-0.15, -0.1) is 0 Å². The predicted molar refractivity (Wildman–Crippen MR) is 114 cm³/mol. The highest BCUT2D eigenvalue weighted by Gasteiger charge is 2.77. The maximum absolute atomic E-state index is 13.4. The van der Waals surface area contributed by atoms with Gasteiger partial charge >= 0.3 is 5.97 Å². The Morgan fingerprint density at radius 1 is 1.14 bits per heavy atom. The number of hydrogen-bond acceptors (Lipinski definition) is 5. The summed E-state index contributed by atoms with van der Waals surface area (Å²) in [5.41, 5.74) is -1.75. The topological polar surface area (TPSA) is 78.9 Å². The second-order valence-electron chi connectivity index (χ2n) is 11.0. The van der Waals surface area contributed by atoms with Crippen molar-refractivity contribution < 1.29 is 23.3 Å². The van der Waals surface area contributed by atoms with E-state index in [4.69, 9.17) is 9.16 Å². The summed E-state index contributed by atoms with van der Waals surface area (Å²) in [4.78, 5) is 27.8. The molecule has 2 rings (SSSR count). The zero-order chi connectivity index (χ0) is 22.0. The van der Waals surface area contributed by atoms with Crippen LogP contribution < -0.4 is 0 Å². The lowest BCUT2D eigenvalue weighted by Crippen LogP contribution is -2.72. The Morgan fingerprint density at radius 2 is 1.64 bits per heavy atom. The van der Waals surface area contributed by atoms with Crippen LogP contribution in [0.2, 0.25) is 13.1 Å². The standard InChI is InChI=1S/C20H37NO5SSi/c1-17(2,3)20(9,26-28(10)11)12-14(22)21-13(16(23)25-18(4,5)6)19(7,8)27(24)15(12)21/h12-13,15,28H,1-11H3/t12-,13-,15+,20?,27?/m0/s1. The Hall–Kier alpha value is -0.573. The first kappa shape index (κ1) is 23.7. The van der Waals surface area contributed by atoms with Gasteiger partial charge in [-0.05, 0) is 71.2 Å². The molecule has 2 aliphatic heterocycles. The van der Waals surface area contributed by atoms with E-state index in [0.29, 0.717) is 0 Å². The van der Waals surface area contributed by atoms with Crippen LogP contribution in [0.1, 0.15) is 62.3 Å². The van der Waals surface area contributed by atoms with Gasteiger partial charge in [0.25, 0.3) is 0 Å². The van der Waals surface area contributed by atoms with Crippen LogP contribution in [-0.2, 0) is 29.9 Å². The molecule has 0 aromatic heterocycles. The summed E-state index contributed by atoms with van der Waals surface area (Å²) in [5, 5.41) is -0.531. The van der Waals surface area contributed by atoms with Gasteiger partial charge in [0.1, 0.15) is 11.5 Å². The van der Waals surface area contributed by atoms with E-state index >= 15 is 0 Å². The highest BCUT2D eigenvalue weighted by atomic mass is 32.2. The van der Waals surface area contributed by atoms with Gasteiger partial charge in [0.2, 0.25) is 11.3 Å². The molecule has 1 amide bonds. The lowest BCUT2D eigenvalue weighted by Gasteiger charge is -2.55. The van der Waals surface area contributed by atoms with E-state index < -0.39 is 59.5 Å². The molecule has 0 aromatic carbocycles. The highest BCUT2D eigenvalue weighted by molar-refractivity contribution is 7.93. The molecule has 2 unspecified atom stereocenters. The summed E-state index contributed by atoms with van der Waals surface area (Å²) in [7, 11) is -1.48. The molecule has 0 saturated carbocycles. The quantitative estimate of drug-likeness (QED) is 0.296. The fraction of sp³-hybridized carbons (Fsp3) is 0.900. The van der Waals surface area contributed by atoms with Crippen molar-refractivity contribution >= 4 is 32.1 Å². The predicted octanol–water partition coefficient (Wildman–Crippen LogP) is 2.83. The minimum absolute atomic E-state index is 0.160. The molecule has 2 heterocycles. The van der Waals surface area contributed by atoms with Crippen molar-refractivity contribution in [1.29, 1.82) is 0 Å². The summed E-state index contributed by atoms with van der Waals surface area (Å²) in [6.07, 6.45) is 0. The first-order valence-electron chi connectivity index (χ1n) is 10.00. The first-order chi connectivity index (χ1) is 12.4. The lowest BCUT2D eigenvalue weighted by molar-refractivity contribution is -0.188. The van der Waals surface area contributed by atoms with Gasteiger partial charge in [0, 0.05) is 0 Å².